The van der Waals surface area contributed by atoms with E-state index in [9.17, 15) is 4.79 Å². The second-order valence-electron chi connectivity index (χ2n) is 6.11. The van der Waals surface area contributed by atoms with E-state index in [4.69, 9.17) is 0 Å². The second-order valence-corrected chi connectivity index (χ2v) is 6.11. The van der Waals surface area contributed by atoms with Gasteiger partial charge in [0, 0.05) is 17.6 Å². The number of rotatable bonds is 7. The Labute approximate surface area is 154 Å². The maximum absolute atomic E-state index is 12.6. The summed E-state index contributed by atoms with van der Waals surface area (Å²) in [7, 11) is 0. The number of hydrogen-bond donors (Lipinski definition) is 2. The Hall–Kier alpha value is -3.14. The lowest BCUT2D eigenvalue weighted by molar-refractivity contribution is -0.117. The summed E-state index contributed by atoms with van der Waals surface area (Å²) in [6.07, 6.45) is 2.55. The SMILES string of the molecule is CCC(C(=O)Nc1ccc(NCc2ccccn2)cc1)c1ccccc1. The van der Waals surface area contributed by atoms with Gasteiger partial charge in [-0.05, 0) is 48.4 Å². The fraction of sp³-hybridized carbons (Fsp3) is 0.182. The molecule has 1 amide bonds. The van der Waals surface area contributed by atoms with Gasteiger partial charge in [0.15, 0.2) is 0 Å². The molecule has 0 aliphatic rings. The van der Waals surface area contributed by atoms with Crippen LogP contribution in [0, 0.1) is 0 Å². The number of hydrogen-bond acceptors (Lipinski definition) is 3. The molecule has 0 saturated heterocycles. The van der Waals surface area contributed by atoms with Crippen molar-refractivity contribution in [2.45, 2.75) is 25.8 Å². The summed E-state index contributed by atoms with van der Waals surface area (Å²) in [6.45, 7) is 2.69. The Morgan fingerprint density at radius 3 is 2.27 bits per heavy atom. The van der Waals surface area contributed by atoms with Crippen molar-refractivity contribution >= 4 is 17.3 Å². The number of anilines is 2. The smallest absolute Gasteiger partial charge is 0.231 e. The van der Waals surface area contributed by atoms with E-state index in [1.807, 2.05) is 79.7 Å². The van der Waals surface area contributed by atoms with Gasteiger partial charge in [-0.25, -0.2) is 0 Å². The maximum atomic E-state index is 12.6. The third-order valence-electron chi connectivity index (χ3n) is 4.28. The lowest BCUT2D eigenvalue weighted by atomic mass is 9.95. The van der Waals surface area contributed by atoms with Crippen LogP contribution >= 0.6 is 0 Å². The molecular formula is C22H23N3O. The Morgan fingerprint density at radius 1 is 0.923 bits per heavy atom. The lowest BCUT2D eigenvalue weighted by Gasteiger charge is -2.15. The maximum Gasteiger partial charge on any atom is 0.231 e. The number of amides is 1. The average molecular weight is 345 g/mol. The molecule has 26 heavy (non-hydrogen) atoms. The van der Waals surface area contributed by atoms with Crippen LogP contribution in [0.1, 0.15) is 30.5 Å². The molecule has 1 aromatic heterocycles. The van der Waals surface area contributed by atoms with E-state index < -0.39 is 0 Å². The van der Waals surface area contributed by atoms with Crippen LogP contribution in [0.15, 0.2) is 79.0 Å². The molecule has 0 spiro atoms. The molecule has 2 aromatic carbocycles. The van der Waals surface area contributed by atoms with Crippen LogP contribution in [-0.4, -0.2) is 10.9 Å². The van der Waals surface area contributed by atoms with Gasteiger partial charge in [-0.2, -0.15) is 0 Å². The highest BCUT2D eigenvalue weighted by Gasteiger charge is 2.18. The van der Waals surface area contributed by atoms with Gasteiger partial charge in [0.2, 0.25) is 5.91 Å². The summed E-state index contributed by atoms with van der Waals surface area (Å²) in [6, 6.07) is 23.5. The van der Waals surface area contributed by atoms with E-state index >= 15 is 0 Å². The van der Waals surface area contributed by atoms with Crippen LogP contribution in [0.25, 0.3) is 0 Å². The molecule has 0 aliphatic heterocycles. The number of pyridine rings is 1. The molecule has 2 N–H and O–H groups in total. The van der Waals surface area contributed by atoms with Crippen LogP contribution in [0.4, 0.5) is 11.4 Å². The molecule has 4 heteroatoms. The predicted molar refractivity (Wildman–Crippen MR) is 106 cm³/mol. The highest BCUT2D eigenvalue weighted by Crippen LogP contribution is 2.22. The standard InChI is InChI=1S/C22H23N3O/c1-2-21(17-8-4-3-5-9-17)22(26)25-19-13-11-18(12-14-19)24-16-20-10-6-7-15-23-20/h3-15,21,24H,2,16H2,1H3,(H,25,26). The van der Waals surface area contributed by atoms with Gasteiger partial charge in [0.1, 0.15) is 0 Å². The zero-order valence-electron chi connectivity index (χ0n) is 14.9. The molecule has 3 rings (SSSR count). The molecule has 1 atom stereocenters. The molecule has 0 radical (unpaired) electrons. The second kappa shape index (κ2) is 8.81. The normalized spacial score (nSPS) is 11.6. The Balaban J connectivity index is 1.59. The number of benzene rings is 2. The van der Waals surface area contributed by atoms with Crippen molar-refractivity contribution in [3.05, 3.63) is 90.3 Å². The molecule has 3 aromatic rings. The summed E-state index contributed by atoms with van der Waals surface area (Å²) in [5.74, 6) is -0.119. The fourth-order valence-corrected chi connectivity index (χ4v) is 2.85. The highest BCUT2D eigenvalue weighted by molar-refractivity contribution is 5.95. The number of carbonyl (C=O) groups excluding carboxylic acids is 1. The Bertz CT molecular complexity index is 817. The van der Waals surface area contributed by atoms with Crippen molar-refractivity contribution in [1.82, 2.24) is 4.98 Å². The summed E-state index contributed by atoms with van der Waals surface area (Å²) in [5, 5.41) is 6.34. The quantitative estimate of drug-likeness (QED) is 0.645. The Morgan fingerprint density at radius 2 is 1.62 bits per heavy atom. The summed E-state index contributed by atoms with van der Waals surface area (Å²) < 4.78 is 0. The Kier molecular flexibility index (Phi) is 5.99. The van der Waals surface area contributed by atoms with Crippen LogP contribution < -0.4 is 10.6 Å². The van der Waals surface area contributed by atoms with Crippen molar-refractivity contribution in [2.24, 2.45) is 0 Å². The molecule has 0 bridgehead atoms. The summed E-state index contributed by atoms with van der Waals surface area (Å²) in [5.41, 5.74) is 3.82. The van der Waals surface area contributed by atoms with Crippen LogP contribution in [0.5, 0.6) is 0 Å². The average Bonchev–Trinajstić information content (AvgIpc) is 2.70. The van der Waals surface area contributed by atoms with Crippen molar-refractivity contribution in [2.75, 3.05) is 10.6 Å². The first-order valence-corrected chi connectivity index (χ1v) is 8.86. The first kappa shape index (κ1) is 17.7. The zero-order valence-corrected chi connectivity index (χ0v) is 14.9. The minimum Gasteiger partial charge on any atom is -0.379 e. The summed E-state index contributed by atoms with van der Waals surface area (Å²) in [4.78, 5) is 16.9. The van der Waals surface area contributed by atoms with Crippen LogP contribution in [0.3, 0.4) is 0 Å². The number of nitrogens with zero attached hydrogens (tertiary/aromatic N) is 1. The predicted octanol–water partition coefficient (Wildman–Crippen LogP) is 4.83. The molecule has 1 heterocycles. The molecule has 1 unspecified atom stereocenters. The molecule has 4 nitrogen and oxygen atoms in total. The summed E-state index contributed by atoms with van der Waals surface area (Å²) >= 11 is 0. The van der Waals surface area contributed by atoms with Gasteiger partial charge in [-0.3, -0.25) is 9.78 Å². The van der Waals surface area contributed by atoms with E-state index in [2.05, 4.69) is 15.6 Å². The molecule has 132 valence electrons. The van der Waals surface area contributed by atoms with E-state index in [0.717, 1.165) is 29.1 Å². The third-order valence-corrected chi connectivity index (χ3v) is 4.28. The van der Waals surface area contributed by atoms with Gasteiger partial charge in [0.05, 0.1) is 18.2 Å². The minimum absolute atomic E-state index is 0.0212. The molecular weight excluding hydrogens is 322 g/mol. The first-order chi connectivity index (χ1) is 12.8. The topological polar surface area (TPSA) is 54.0 Å². The van der Waals surface area contributed by atoms with E-state index in [1.54, 1.807) is 6.20 Å². The van der Waals surface area contributed by atoms with Crippen molar-refractivity contribution in [1.29, 1.82) is 0 Å². The number of aromatic nitrogens is 1. The largest absolute Gasteiger partial charge is 0.379 e. The van der Waals surface area contributed by atoms with Crippen molar-refractivity contribution < 1.29 is 4.79 Å². The van der Waals surface area contributed by atoms with E-state index in [-0.39, 0.29) is 11.8 Å². The van der Waals surface area contributed by atoms with Gasteiger partial charge >= 0.3 is 0 Å². The fourth-order valence-electron chi connectivity index (χ4n) is 2.85. The number of nitrogens with one attached hydrogen (secondary N) is 2. The molecule has 0 saturated carbocycles. The van der Waals surface area contributed by atoms with Crippen molar-refractivity contribution in [3.63, 3.8) is 0 Å². The molecule has 0 fully saturated rings. The van der Waals surface area contributed by atoms with E-state index in [1.165, 1.54) is 0 Å². The van der Waals surface area contributed by atoms with Gasteiger partial charge < -0.3 is 10.6 Å². The van der Waals surface area contributed by atoms with Crippen molar-refractivity contribution in [3.8, 4) is 0 Å². The van der Waals surface area contributed by atoms with Gasteiger partial charge in [-0.15, -0.1) is 0 Å². The lowest BCUT2D eigenvalue weighted by Crippen LogP contribution is -2.20. The van der Waals surface area contributed by atoms with Crippen LogP contribution in [-0.2, 0) is 11.3 Å². The molecule has 0 aliphatic carbocycles. The van der Waals surface area contributed by atoms with Gasteiger partial charge in [-0.1, -0.05) is 43.3 Å². The minimum atomic E-state index is -0.141. The van der Waals surface area contributed by atoms with Crippen LogP contribution in [0.2, 0.25) is 0 Å². The highest BCUT2D eigenvalue weighted by atomic mass is 16.1. The number of carbonyl (C=O) groups is 1. The zero-order chi connectivity index (χ0) is 18.2. The van der Waals surface area contributed by atoms with E-state index in [0.29, 0.717) is 6.54 Å². The monoisotopic (exact) mass is 345 g/mol. The third kappa shape index (κ3) is 4.70. The van der Waals surface area contributed by atoms with Gasteiger partial charge in [0.25, 0.3) is 0 Å². The first-order valence-electron chi connectivity index (χ1n) is 8.86.